The molecule has 1 saturated heterocycles. The summed E-state index contributed by atoms with van der Waals surface area (Å²) >= 11 is 0. The van der Waals surface area contributed by atoms with Crippen molar-refractivity contribution in [1.82, 2.24) is 5.32 Å². The second kappa shape index (κ2) is 5.37. The van der Waals surface area contributed by atoms with Crippen LogP contribution in [0.5, 0.6) is 5.75 Å². The van der Waals surface area contributed by atoms with Crippen molar-refractivity contribution in [2.45, 2.75) is 19.9 Å². The quantitative estimate of drug-likeness (QED) is 0.683. The molecule has 1 fully saturated rings. The molecular formula is C13H18N2O3. The molecule has 1 atom stereocenters. The number of phenols is 1. The largest absolute Gasteiger partial charge is 0.508 e. The smallest absolute Gasteiger partial charge is 0.243 e. The zero-order valence-corrected chi connectivity index (χ0v) is 10.6. The molecule has 0 radical (unpaired) electrons. The zero-order valence-electron chi connectivity index (χ0n) is 10.6. The van der Waals surface area contributed by atoms with Crippen LogP contribution < -0.4 is 10.6 Å². The van der Waals surface area contributed by atoms with Crippen LogP contribution in [-0.2, 0) is 9.53 Å². The highest BCUT2D eigenvalue weighted by Crippen LogP contribution is 2.25. The standard InChI is InChI=1S/C13H18N2O3/c1-8-6-12(16)9(2)5-10(8)15-13(17)11-7-18-4-3-14-11/h5-6,11,14,16H,3-4,7H2,1-2H3,(H,15,17). The third-order valence-corrected chi connectivity index (χ3v) is 3.04. The third-order valence-electron chi connectivity index (χ3n) is 3.04. The van der Waals surface area contributed by atoms with Crippen LogP contribution in [0.25, 0.3) is 0 Å². The average Bonchev–Trinajstić information content (AvgIpc) is 2.37. The number of rotatable bonds is 2. The van der Waals surface area contributed by atoms with Crippen LogP contribution in [0.2, 0.25) is 0 Å². The molecule has 0 bridgehead atoms. The van der Waals surface area contributed by atoms with Crippen molar-refractivity contribution in [2.75, 3.05) is 25.1 Å². The molecule has 0 saturated carbocycles. The Balaban J connectivity index is 2.08. The van der Waals surface area contributed by atoms with Gasteiger partial charge in [-0.3, -0.25) is 4.79 Å². The summed E-state index contributed by atoms with van der Waals surface area (Å²) in [7, 11) is 0. The SMILES string of the molecule is Cc1cc(NC(=O)C2COCCN2)c(C)cc1O. The molecule has 1 aliphatic heterocycles. The lowest BCUT2D eigenvalue weighted by atomic mass is 10.1. The van der Waals surface area contributed by atoms with Gasteiger partial charge in [-0.15, -0.1) is 0 Å². The van der Waals surface area contributed by atoms with E-state index < -0.39 is 0 Å². The number of carbonyl (C=O) groups is 1. The normalized spacial score (nSPS) is 19.6. The minimum atomic E-state index is -0.313. The second-order valence-corrected chi connectivity index (χ2v) is 4.52. The lowest BCUT2D eigenvalue weighted by molar-refractivity contribution is -0.120. The van der Waals surface area contributed by atoms with E-state index in [1.54, 1.807) is 19.1 Å². The second-order valence-electron chi connectivity index (χ2n) is 4.52. The molecule has 1 amide bonds. The van der Waals surface area contributed by atoms with Crippen molar-refractivity contribution in [1.29, 1.82) is 0 Å². The average molecular weight is 250 g/mol. The topological polar surface area (TPSA) is 70.6 Å². The Bertz CT molecular complexity index is 454. The molecule has 0 spiro atoms. The van der Waals surface area contributed by atoms with Gasteiger partial charge in [0.2, 0.25) is 5.91 Å². The summed E-state index contributed by atoms with van der Waals surface area (Å²) in [6.07, 6.45) is 0. The fraction of sp³-hybridized carbons (Fsp3) is 0.462. The van der Waals surface area contributed by atoms with Gasteiger partial charge in [-0.2, -0.15) is 0 Å². The summed E-state index contributed by atoms with van der Waals surface area (Å²) in [6.45, 7) is 5.36. The van der Waals surface area contributed by atoms with Crippen molar-refractivity contribution < 1.29 is 14.6 Å². The summed E-state index contributed by atoms with van der Waals surface area (Å²) in [6, 6.07) is 3.11. The summed E-state index contributed by atoms with van der Waals surface area (Å²) < 4.78 is 5.25. The van der Waals surface area contributed by atoms with E-state index in [1.807, 2.05) is 6.92 Å². The Kier molecular flexibility index (Phi) is 3.84. The van der Waals surface area contributed by atoms with Gasteiger partial charge in [0, 0.05) is 12.2 Å². The number of benzene rings is 1. The molecule has 2 rings (SSSR count). The molecule has 1 aromatic carbocycles. The van der Waals surface area contributed by atoms with E-state index in [1.165, 1.54) is 0 Å². The van der Waals surface area contributed by atoms with Gasteiger partial charge in [0.05, 0.1) is 13.2 Å². The molecule has 1 aliphatic rings. The Morgan fingerprint density at radius 1 is 1.44 bits per heavy atom. The Hall–Kier alpha value is -1.59. The van der Waals surface area contributed by atoms with Gasteiger partial charge in [-0.25, -0.2) is 0 Å². The molecule has 1 heterocycles. The summed E-state index contributed by atoms with van der Waals surface area (Å²) in [5.41, 5.74) is 2.30. The van der Waals surface area contributed by atoms with Gasteiger partial charge in [0.15, 0.2) is 0 Å². The molecule has 1 aromatic rings. The van der Waals surface area contributed by atoms with E-state index in [-0.39, 0.29) is 17.7 Å². The summed E-state index contributed by atoms with van der Waals surface area (Å²) in [4.78, 5) is 12.0. The van der Waals surface area contributed by atoms with Gasteiger partial charge in [0.25, 0.3) is 0 Å². The van der Waals surface area contributed by atoms with E-state index in [4.69, 9.17) is 4.74 Å². The third kappa shape index (κ3) is 2.80. The maximum Gasteiger partial charge on any atom is 0.243 e. The van der Waals surface area contributed by atoms with Gasteiger partial charge in [-0.05, 0) is 37.1 Å². The molecule has 5 heteroatoms. The van der Waals surface area contributed by atoms with E-state index >= 15 is 0 Å². The van der Waals surface area contributed by atoms with Gasteiger partial charge in [-0.1, -0.05) is 0 Å². The number of amides is 1. The molecule has 98 valence electrons. The number of phenolic OH excluding ortho intramolecular Hbond substituents is 1. The Morgan fingerprint density at radius 2 is 2.22 bits per heavy atom. The number of ether oxygens (including phenoxy) is 1. The van der Waals surface area contributed by atoms with Crippen LogP contribution in [0.4, 0.5) is 5.69 Å². The van der Waals surface area contributed by atoms with Gasteiger partial charge < -0.3 is 20.5 Å². The number of carbonyl (C=O) groups excluding carboxylic acids is 1. The van der Waals surface area contributed by atoms with Crippen LogP contribution in [0.15, 0.2) is 12.1 Å². The van der Waals surface area contributed by atoms with Crippen LogP contribution in [0, 0.1) is 13.8 Å². The lowest BCUT2D eigenvalue weighted by Gasteiger charge is -2.23. The zero-order chi connectivity index (χ0) is 13.1. The number of aromatic hydroxyl groups is 1. The minimum absolute atomic E-state index is 0.108. The van der Waals surface area contributed by atoms with Crippen molar-refractivity contribution in [2.24, 2.45) is 0 Å². The van der Waals surface area contributed by atoms with Crippen LogP contribution in [-0.4, -0.2) is 36.8 Å². The fourth-order valence-corrected chi connectivity index (χ4v) is 1.89. The molecule has 0 aliphatic carbocycles. The predicted octanol–water partition coefficient (Wildman–Crippen LogP) is 0.936. The Morgan fingerprint density at radius 3 is 2.89 bits per heavy atom. The Labute approximate surface area is 106 Å². The lowest BCUT2D eigenvalue weighted by Crippen LogP contribution is -2.48. The number of hydrogen-bond donors (Lipinski definition) is 3. The van der Waals surface area contributed by atoms with Crippen molar-refractivity contribution in [3.05, 3.63) is 23.3 Å². The van der Waals surface area contributed by atoms with Crippen molar-refractivity contribution in [3.8, 4) is 5.75 Å². The van der Waals surface area contributed by atoms with Crippen LogP contribution >= 0.6 is 0 Å². The first kappa shape index (κ1) is 12.9. The molecule has 18 heavy (non-hydrogen) atoms. The maximum absolute atomic E-state index is 12.0. The monoisotopic (exact) mass is 250 g/mol. The summed E-state index contributed by atoms with van der Waals surface area (Å²) in [5, 5.41) is 15.5. The fourth-order valence-electron chi connectivity index (χ4n) is 1.89. The van der Waals surface area contributed by atoms with Crippen LogP contribution in [0.1, 0.15) is 11.1 Å². The van der Waals surface area contributed by atoms with E-state index in [0.717, 1.165) is 16.8 Å². The first-order valence-electron chi connectivity index (χ1n) is 6.00. The maximum atomic E-state index is 12.0. The minimum Gasteiger partial charge on any atom is -0.508 e. The van der Waals surface area contributed by atoms with Crippen LogP contribution in [0.3, 0.4) is 0 Å². The molecule has 3 N–H and O–H groups in total. The summed E-state index contributed by atoms with van der Waals surface area (Å²) in [5.74, 6) is 0.132. The number of morpholine rings is 1. The van der Waals surface area contributed by atoms with Crippen molar-refractivity contribution >= 4 is 11.6 Å². The predicted molar refractivity (Wildman–Crippen MR) is 68.8 cm³/mol. The van der Waals surface area contributed by atoms with E-state index in [9.17, 15) is 9.90 Å². The highest BCUT2D eigenvalue weighted by atomic mass is 16.5. The molecular weight excluding hydrogens is 232 g/mol. The molecule has 0 aromatic heterocycles. The number of nitrogens with one attached hydrogen (secondary N) is 2. The molecule has 1 unspecified atom stereocenters. The number of hydrogen-bond acceptors (Lipinski definition) is 4. The van der Waals surface area contributed by atoms with Gasteiger partial charge in [0.1, 0.15) is 11.8 Å². The first-order valence-corrected chi connectivity index (χ1v) is 6.00. The number of aryl methyl sites for hydroxylation is 2. The highest BCUT2D eigenvalue weighted by molar-refractivity contribution is 5.95. The van der Waals surface area contributed by atoms with E-state index in [0.29, 0.717) is 19.8 Å². The first-order chi connectivity index (χ1) is 8.58. The van der Waals surface area contributed by atoms with E-state index in [2.05, 4.69) is 10.6 Å². The van der Waals surface area contributed by atoms with Gasteiger partial charge >= 0.3 is 0 Å². The number of anilines is 1. The molecule has 5 nitrogen and oxygen atoms in total. The highest BCUT2D eigenvalue weighted by Gasteiger charge is 2.21. The van der Waals surface area contributed by atoms with Crippen molar-refractivity contribution in [3.63, 3.8) is 0 Å².